The Morgan fingerprint density at radius 1 is 1.29 bits per heavy atom. The van der Waals surface area contributed by atoms with Crippen LogP contribution in [0.5, 0.6) is 0 Å². The second kappa shape index (κ2) is 8.56. The highest BCUT2D eigenvalue weighted by atomic mass is 32.1. The number of hydrogen-bond donors (Lipinski definition) is 1. The Balaban J connectivity index is 1.58. The van der Waals surface area contributed by atoms with E-state index in [0.29, 0.717) is 12.0 Å². The number of allylic oxidation sites excluding steroid dienone is 5. The fourth-order valence-electron chi connectivity index (χ4n) is 3.22. The van der Waals surface area contributed by atoms with Gasteiger partial charge in [-0.15, -0.1) is 11.3 Å². The van der Waals surface area contributed by atoms with Crippen LogP contribution in [0.3, 0.4) is 0 Å². The first kappa shape index (κ1) is 17.3. The zero-order valence-electron chi connectivity index (χ0n) is 13.8. The standard InChI is InChI=1S/C20H24FNOS/c21-20-18(10-13-24-20)14-19(23)17-8-5-11-22(12-9-17)15-16-6-3-1-2-4-7-16/h1-4,6,9-10,13,19,23H,5,7-8,11-12,14-15H2. The van der Waals surface area contributed by atoms with E-state index in [-0.39, 0.29) is 5.13 Å². The number of hydrogen-bond acceptors (Lipinski definition) is 3. The zero-order chi connectivity index (χ0) is 16.8. The van der Waals surface area contributed by atoms with E-state index >= 15 is 0 Å². The van der Waals surface area contributed by atoms with Gasteiger partial charge in [-0.25, -0.2) is 0 Å². The maximum atomic E-state index is 13.6. The summed E-state index contributed by atoms with van der Waals surface area (Å²) in [7, 11) is 0. The molecule has 0 fully saturated rings. The van der Waals surface area contributed by atoms with Crippen LogP contribution in [0.25, 0.3) is 0 Å². The molecule has 1 atom stereocenters. The molecule has 2 aliphatic rings. The summed E-state index contributed by atoms with van der Waals surface area (Å²) < 4.78 is 13.6. The van der Waals surface area contributed by atoms with Crippen LogP contribution in [0.2, 0.25) is 0 Å². The van der Waals surface area contributed by atoms with Gasteiger partial charge in [0.15, 0.2) is 5.13 Å². The molecule has 1 aliphatic heterocycles. The van der Waals surface area contributed by atoms with Gasteiger partial charge in [-0.05, 0) is 42.8 Å². The van der Waals surface area contributed by atoms with Crippen molar-refractivity contribution in [2.24, 2.45) is 0 Å². The van der Waals surface area contributed by atoms with Crippen LogP contribution in [0.1, 0.15) is 24.8 Å². The van der Waals surface area contributed by atoms with Crippen molar-refractivity contribution < 1.29 is 9.50 Å². The molecule has 4 heteroatoms. The van der Waals surface area contributed by atoms with E-state index in [1.807, 2.05) is 0 Å². The van der Waals surface area contributed by atoms with Crippen LogP contribution in [0, 0.1) is 5.13 Å². The molecule has 1 aliphatic carbocycles. The van der Waals surface area contributed by atoms with Gasteiger partial charge in [0, 0.05) is 25.1 Å². The topological polar surface area (TPSA) is 23.5 Å². The van der Waals surface area contributed by atoms with E-state index in [4.69, 9.17) is 0 Å². The highest BCUT2D eigenvalue weighted by Gasteiger charge is 2.18. The van der Waals surface area contributed by atoms with Crippen LogP contribution in [-0.2, 0) is 6.42 Å². The normalized spacial score (nSPS) is 20.2. The molecular weight excluding hydrogens is 321 g/mol. The largest absolute Gasteiger partial charge is 0.388 e. The molecule has 1 aromatic heterocycles. The van der Waals surface area contributed by atoms with Crippen LogP contribution in [0.15, 0.2) is 59.0 Å². The van der Waals surface area contributed by atoms with Crippen LogP contribution < -0.4 is 0 Å². The third-order valence-corrected chi connectivity index (χ3v) is 5.32. The third kappa shape index (κ3) is 4.76. The minimum absolute atomic E-state index is 0.175. The lowest BCUT2D eigenvalue weighted by Crippen LogP contribution is -2.26. The molecule has 0 saturated carbocycles. The van der Waals surface area contributed by atoms with Crippen molar-refractivity contribution in [3.05, 3.63) is 69.7 Å². The summed E-state index contributed by atoms with van der Waals surface area (Å²) in [6, 6.07) is 1.77. The van der Waals surface area contributed by atoms with Gasteiger partial charge >= 0.3 is 0 Å². The third-order valence-electron chi connectivity index (χ3n) is 4.58. The zero-order valence-corrected chi connectivity index (χ0v) is 14.6. The summed E-state index contributed by atoms with van der Waals surface area (Å²) in [5.41, 5.74) is 3.09. The van der Waals surface area contributed by atoms with Gasteiger partial charge in [0.25, 0.3) is 0 Å². The van der Waals surface area contributed by atoms with Crippen molar-refractivity contribution in [2.75, 3.05) is 19.6 Å². The predicted octanol–water partition coefficient (Wildman–Crippen LogP) is 4.26. The second-order valence-electron chi connectivity index (χ2n) is 6.40. The van der Waals surface area contributed by atoms with E-state index < -0.39 is 6.10 Å². The lowest BCUT2D eigenvalue weighted by atomic mass is 9.99. The van der Waals surface area contributed by atoms with Gasteiger partial charge in [-0.3, -0.25) is 4.90 Å². The number of rotatable bonds is 5. The number of halogens is 1. The quantitative estimate of drug-likeness (QED) is 0.806. The van der Waals surface area contributed by atoms with E-state index in [9.17, 15) is 9.50 Å². The molecule has 1 N–H and O–H groups in total. The molecule has 2 heterocycles. The lowest BCUT2D eigenvalue weighted by molar-refractivity contribution is 0.205. The number of aliphatic hydroxyl groups excluding tert-OH is 1. The van der Waals surface area contributed by atoms with Crippen molar-refractivity contribution in [1.82, 2.24) is 4.90 Å². The van der Waals surface area contributed by atoms with Gasteiger partial charge in [0.05, 0.1) is 6.10 Å². The Kier molecular flexibility index (Phi) is 6.18. The van der Waals surface area contributed by atoms with Crippen LogP contribution in [-0.4, -0.2) is 35.7 Å². The Morgan fingerprint density at radius 3 is 3.04 bits per heavy atom. The Bertz CT molecular complexity index is 671. The van der Waals surface area contributed by atoms with Crippen molar-refractivity contribution in [2.45, 2.75) is 31.8 Å². The van der Waals surface area contributed by atoms with Crippen molar-refractivity contribution in [3.8, 4) is 0 Å². The molecule has 0 radical (unpaired) electrons. The first-order valence-corrected chi connectivity index (χ1v) is 9.43. The van der Waals surface area contributed by atoms with Crippen molar-refractivity contribution in [1.29, 1.82) is 0 Å². The summed E-state index contributed by atoms with van der Waals surface area (Å²) in [4.78, 5) is 2.42. The van der Waals surface area contributed by atoms with Crippen molar-refractivity contribution >= 4 is 11.3 Å². The molecule has 0 saturated heterocycles. The van der Waals surface area contributed by atoms with Crippen molar-refractivity contribution in [3.63, 3.8) is 0 Å². The molecular formula is C20H24FNOS. The van der Waals surface area contributed by atoms with E-state index in [2.05, 4.69) is 41.4 Å². The van der Waals surface area contributed by atoms with Crippen LogP contribution >= 0.6 is 11.3 Å². The summed E-state index contributed by atoms with van der Waals surface area (Å²) >= 11 is 1.10. The summed E-state index contributed by atoms with van der Waals surface area (Å²) in [5, 5.41) is 12.0. The fourth-order valence-corrected chi connectivity index (χ4v) is 3.88. The number of thiophene rings is 1. The molecule has 24 heavy (non-hydrogen) atoms. The minimum atomic E-state index is -0.572. The lowest BCUT2D eigenvalue weighted by Gasteiger charge is -2.20. The Hall–Kier alpha value is -1.49. The second-order valence-corrected chi connectivity index (χ2v) is 7.27. The van der Waals surface area contributed by atoms with Gasteiger partial charge in [0.1, 0.15) is 0 Å². The Labute approximate surface area is 147 Å². The molecule has 0 bridgehead atoms. The fraction of sp³-hybridized carbons (Fsp3) is 0.400. The summed E-state index contributed by atoms with van der Waals surface area (Å²) in [6.07, 6.45) is 15.5. The van der Waals surface area contributed by atoms with E-state index in [0.717, 1.165) is 55.8 Å². The average Bonchev–Trinajstić information content (AvgIpc) is 2.79. The minimum Gasteiger partial charge on any atom is -0.388 e. The summed E-state index contributed by atoms with van der Waals surface area (Å²) in [5.74, 6) is 0. The maximum absolute atomic E-state index is 13.6. The molecule has 0 aromatic carbocycles. The molecule has 3 rings (SSSR count). The highest BCUT2D eigenvalue weighted by molar-refractivity contribution is 7.08. The van der Waals surface area contributed by atoms with Crippen LogP contribution in [0.4, 0.5) is 4.39 Å². The average molecular weight is 345 g/mol. The molecule has 128 valence electrons. The smallest absolute Gasteiger partial charge is 0.179 e. The maximum Gasteiger partial charge on any atom is 0.179 e. The number of nitrogens with zero attached hydrogens (tertiary/aromatic N) is 1. The summed E-state index contributed by atoms with van der Waals surface area (Å²) in [6.45, 7) is 2.85. The monoisotopic (exact) mass is 345 g/mol. The molecule has 2 nitrogen and oxygen atoms in total. The SMILES string of the molecule is OC(Cc1ccsc1F)C1=CCN(CC2=CC=CC=CC2)CCC1. The molecule has 0 spiro atoms. The molecule has 1 unspecified atom stereocenters. The van der Waals surface area contributed by atoms with E-state index in [1.54, 1.807) is 11.4 Å². The molecule has 0 amide bonds. The number of aliphatic hydroxyl groups is 1. The first-order valence-electron chi connectivity index (χ1n) is 8.55. The highest BCUT2D eigenvalue weighted by Crippen LogP contribution is 2.22. The predicted molar refractivity (Wildman–Crippen MR) is 98.7 cm³/mol. The molecule has 1 aromatic rings. The van der Waals surface area contributed by atoms with Gasteiger partial charge < -0.3 is 5.11 Å². The van der Waals surface area contributed by atoms with Gasteiger partial charge in [-0.2, -0.15) is 4.39 Å². The first-order chi connectivity index (χ1) is 11.7. The van der Waals surface area contributed by atoms with Gasteiger partial charge in [-0.1, -0.05) is 42.0 Å². The van der Waals surface area contributed by atoms with E-state index in [1.165, 1.54) is 5.57 Å². The van der Waals surface area contributed by atoms with Gasteiger partial charge in [0.2, 0.25) is 0 Å². The Morgan fingerprint density at radius 2 is 2.21 bits per heavy atom.